The molecule has 0 aromatic heterocycles. The van der Waals surface area contributed by atoms with Crippen LogP contribution in [-0.2, 0) is 0 Å². The lowest BCUT2D eigenvalue weighted by Crippen LogP contribution is -2.26. The number of hydrogen-bond donors (Lipinski definition) is 1. The number of anilines is 1. The van der Waals surface area contributed by atoms with Gasteiger partial charge in [0, 0.05) is 18.4 Å². The first-order valence-corrected chi connectivity index (χ1v) is 5.03. The minimum absolute atomic E-state index is 0.830. The standard InChI is InChI=1S/C10H12N2.C2H6/c1-12-7-9(11)6-8-4-2-3-5-10(8)12;1-2/h2-6H,7,11H2,1H3;1-2H3. The smallest absolute Gasteiger partial charge is 0.0571 e. The normalized spacial score (nSPS) is 13.6. The van der Waals surface area contributed by atoms with Gasteiger partial charge in [-0.3, -0.25) is 0 Å². The number of hydrogen-bond acceptors (Lipinski definition) is 2. The molecule has 1 heterocycles. The van der Waals surface area contributed by atoms with Crippen LogP contribution in [0.1, 0.15) is 19.4 Å². The zero-order valence-corrected chi connectivity index (χ0v) is 9.12. The van der Waals surface area contributed by atoms with Gasteiger partial charge in [0.15, 0.2) is 0 Å². The van der Waals surface area contributed by atoms with Crippen molar-refractivity contribution in [3.05, 3.63) is 35.5 Å². The molecule has 0 saturated carbocycles. The summed E-state index contributed by atoms with van der Waals surface area (Å²) in [4.78, 5) is 2.16. The third kappa shape index (κ3) is 2.08. The highest BCUT2D eigenvalue weighted by molar-refractivity contribution is 5.72. The Labute approximate surface area is 86.0 Å². The number of likely N-dealkylation sites (N-methyl/N-ethyl adjacent to an activating group) is 1. The highest BCUT2D eigenvalue weighted by atomic mass is 15.1. The maximum atomic E-state index is 5.76. The minimum atomic E-state index is 0.830. The predicted octanol–water partition coefficient (Wildman–Crippen LogP) is 2.46. The quantitative estimate of drug-likeness (QED) is 0.681. The van der Waals surface area contributed by atoms with Crippen molar-refractivity contribution in [2.24, 2.45) is 5.73 Å². The fraction of sp³-hybridized carbons (Fsp3) is 0.333. The van der Waals surface area contributed by atoms with Crippen molar-refractivity contribution in [2.45, 2.75) is 13.8 Å². The molecule has 0 saturated heterocycles. The molecule has 2 rings (SSSR count). The molecule has 0 unspecified atom stereocenters. The molecule has 1 aliphatic heterocycles. The second-order valence-corrected chi connectivity index (χ2v) is 3.13. The Kier molecular flexibility index (Phi) is 3.57. The van der Waals surface area contributed by atoms with Crippen molar-refractivity contribution in [3.8, 4) is 0 Å². The predicted molar refractivity (Wildman–Crippen MR) is 63.2 cm³/mol. The van der Waals surface area contributed by atoms with Crippen LogP contribution in [0.2, 0.25) is 0 Å². The molecule has 0 aliphatic carbocycles. The van der Waals surface area contributed by atoms with E-state index in [0.717, 1.165) is 12.2 Å². The molecule has 1 aromatic rings. The lowest BCUT2D eigenvalue weighted by atomic mass is 10.1. The van der Waals surface area contributed by atoms with Crippen LogP contribution in [0.15, 0.2) is 30.0 Å². The lowest BCUT2D eigenvalue weighted by molar-refractivity contribution is 0.959. The molecule has 1 aromatic carbocycles. The third-order valence-corrected chi connectivity index (χ3v) is 2.11. The summed E-state index contributed by atoms with van der Waals surface area (Å²) in [5, 5.41) is 0. The van der Waals surface area contributed by atoms with Crippen molar-refractivity contribution in [2.75, 3.05) is 18.5 Å². The highest BCUT2D eigenvalue weighted by Crippen LogP contribution is 2.25. The Bertz CT molecular complexity index is 329. The van der Waals surface area contributed by atoms with Gasteiger partial charge in [-0.15, -0.1) is 0 Å². The molecular weight excluding hydrogens is 172 g/mol. The van der Waals surface area contributed by atoms with E-state index >= 15 is 0 Å². The van der Waals surface area contributed by atoms with E-state index in [1.165, 1.54) is 11.3 Å². The largest absolute Gasteiger partial charge is 0.401 e. The maximum absolute atomic E-state index is 5.76. The van der Waals surface area contributed by atoms with Crippen molar-refractivity contribution >= 4 is 11.8 Å². The molecule has 0 fully saturated rings. The number of benzene rings is 1. The Morgan fingerprint density at radius 3 is 2.57 bits per heavy atom. The molecule has 14 heavy (non-hydrogen) atoms. The van der Waals surface area contributed by atoms with E-state index in [1.807, 2.05) is 32.1 Å². The van der Waals surface area contributed by atoms with Crippen molar-refractivity contribution < 1.29 is 0 Å². The van der Waals surface area contributed by atoms with Crippen molar-refractivity contribution in [1.82, 2.24) is 0 Å². The molecule has 0 radical (unpaired) electrons. The van der Waals surface area contributed by atoms with Crippen LogP contribution in [0.3, 0.4) is 0 Å². The molecule has 76 valence electrons. The van der Waals surface area contributed by atoms with Crippen LogP contribution in [0.5, 0.6) is 0 Å². The van der Waals surface area contributed by atoms with Crippen LogP contribution in [0, 0.1) is 0 Å². The van der Waals surface area contributed by atoms with Gasteiger partial charge >= 0.3 is 0 Å². The Hall–Kier alpha value is -1.44. The first kappa shape index (κ1) is 10.6. The summed E-state index contributed by atoms with van der Waals surface area (Å²) in [6.45, 7) is 4.83. The molecular formula is C12H18N2. The van der Waals surface area contributed by atoms with E-state index in [1.54, 1.807) is 0 Å². The van der Waals surface area contributed by atoms with Crippen LogP contribution in [0.25, 0.3) is 6.08 Å². The minimum Gasteiger partial charge on any atom is -0.401 e. The third-order valence-electron chi connectivity index (χ3n) is 2.11. The fourth-order valence-corrected chi connectivity index (χ4v) is 1.56. The molecule has 0 spiro atoms. The van der Waals surface area contributed by atoms with Crippen LogP contribution in [0.4, 0.5) is 5.69 Å². The van der Waals surface area contributed by atoms with E-state index in [0.29, 0.717) is 0 Å². The molecule has 0 amide bonds. The summed E-state index contributed by atoms with van der Waals surface area (Å²) < 4.78 is 0. The SMILES string of the molecule is CC.CN1CC(N)=Cc2ccccc21. The molecule has 2 nitrogen and oxygen atoms in total. The summed E-state index contributed by atoms with van der Waals surface area (Å²) in [7, 11) is 2.05. The Balaban J connectivity index is 0.000000461. The number of fused-ring (bicyclic) bond motifs is 1. The first-order valence-electron chi connectivity index (χ1n) is 5.03. The van der Waals surface area contributed by atoms with Gasteiger partial charge in [-0.05, 0) is 17.7 Å². The molecule has 2 heteroatoms. The molecule has 0 bridgehead atoms. The Morgan fingerprint density at radius 2 is 1.86 bits per heavy atom. The average Bonchev–Trinajstić information content (AvgIpc) is 2.20. The summed E-state index contributed by atoms with van der Waals surface area (Å²) in [5.41, 5.74) is 9.15. The maximum Gasteiger partial charge on any atom is 0.0571 e. The monoisotopic (exact) mass is 190 g/mol. The van der Waals surface area contributed by atoms with Gasteiger partial charge in [0.05, 0.1) is 6.54 Å². The van der Waals surface area contributed by atoms with E-state index < -0.39 is 0 Å². The van der Waals surface area contributed by atoms with E-state index in [-0.39, 0.29) is 0 Å². The van der Waals surface area contributed by atoms with Gasteiger partial charge in [-0.2, -0.15) is 0 Å². The zero-order chi connectivity index (χ0) is 10.6. The second-order valence-electron chi connectivity index (χ2n) is 3.13. The number of para-hydroxylation sites is 1. The summed E-state index contributed by atoms with van der Waals surface area (Å²) >= 11 is 0. The number of nitrogens with two attached hydrogens (primary N) is 1. The topological polar surface area (TPSA) is 29.3 Å². The van der Waals surface area contributed by atoms with E-state index in [4.69, 9.17) is 5.73 Å². The average molecular weight is 190 g/mol. The van der Waals surface area contributed by atoms with Crippen LogP contribution < -0.4 is 10.6 Å². The number of rotatable bonds is 0. The number of nitrogens with zero attached hydrogens (tertiary/aromatic N) is 1. The van der Waals surface area contributed by atoms with Crippen LogP contribution >= 0.6 is 0 Å². The fourth-order valence-electron chi connectivity index (χ4n) is 1.56. The van der Waals surface area contributed by atoms with E-state index in [2.05, 4.69) is 24.1 Å². The van der Waals surface area contributed by atoms with Crippen LogP contribution in [-0.4, -0.2) is 13.6 Å². The summed E-state index contributed by atoms with van der Waals surface area (Å²) in [6, 6.07) is 8.27. The molecule has 0 atom stereocenters. The summed E-state index contributed by atoms with van der Waals surface area (Å²) in [6.07, 6.45) is 2.04. The zero-order valence-electron chi connectivity index (χ0n) is 9.12. The second kappa shape index (κ2) is 4.70. The summed E-state index contributed by atoms with van der Waals surface area (Å²) in [5.74, 6) is 0. The van der Waals surface area contributed by atoms with Gasteiger partial charge in [0.25, 0.3) is 0 Å². The Morgan fingerprint density at radius 1 is 1.21 bits per heavy atom. The van der Waals surface area contributed by atoms with E-state index in [9.17, 15) is 0 Å². The molecule has 2 N–H and O–H groups in total. The van der Waals surface area contributed by atoms with Gasteiger partial charge < -0.3 is 10.6 Å². The van der Waals surface area contributed by atoms with Gasteiger partial charge in [0.2, 0.25) is 0 Å². The highest BCUT2D eigenvalue weighted by Gasteiger charge is 2.10. The molecule has 1 aliphatic rings. The van der Waals surface area contributed by atoms with Gasteiger partial charge in [0.1, 0.15) is 0 Å². The van der Waals surface area contributed by atoms with Gasteiger partial charge in [-0.1, -0.05) is 32.0 Å². The van der Waals surface area contributed by atoms with Crippen molar-refractivity contribution in [3.63, 3.8) is 0 Å². The van der Waals surface area contributed by atoms with Gasteiger partial charge in [-0.25, -0.2) is 0 Å². The lowest BCUT2D eigenvalue weighted by Gasteiger charge is -2.25. The first-order chi connectivity index (χ1) is 6.77. The van der Waals surface area contributed by atoms with Crippen molar-refractivity contribution in [1.29, 1.82) is 0 Å².